The summed E-state index contributed by atoms with van der Waals surface area (Å²) < 4.78 is 31.1. The maximum absolute atomic E-state index is 13.8. The van der Waals surface area contributed by atoms with E-state index in [9.17, 15) is 4.39 Å². The number of hydrogen-bond acceptors (Lipinski definition) is 7. The van der Waals surface area contributed by atoms with Crippen molar-refractivity contribution in [3.63, 3.8) is 0 Å². The van der Waals surface area contributed by atoms with Crippen molar-refractivity contribution >= 4 is 5.95 Å². The van der Waals surface area contributed by atoms with E-state index in [4.69, 9.17) is 24.2 Å². The van der Waals surface area contributed by atoms with Gasteiger partial charge in [0.25, 0.3) is 0 Å². The first kappa shape index (κ1) is 22.1. The van der Waals surface area contributed by atoms with Crippen molar-refractivity contribution in [2.75, 3.05) is 31.3 Å². The van der Waals surface area contributed by atoms with Crippen LogP contribution in [-0.2, 0) is 19.5 Å². The first-order valence-electron chi connectivity index (χ1n) is 12.3. The Labute approximate surface area is 204 Å². The standard InChI is InChI=1S/C27H29FN4O3/c1-18-13-20(6-7-22(18)28)35-26-21-16-31(15-19-5-8-24-25(14-19)34-17-33-24)12-9-23(21)29-27(30-26)32-10-3-2-4-11-32/h5-8,13-14H,2-4,9-12,15-17H2,1H3. The summed E-state index contributed by atoms with van der Waals surface area (Å²) in [4.78, 5) is 14.5. The predicted molar refractivity (Wildman–Crippen MR) is 130 cm³/mol. The van der Waals surface area contributed by atoms with Crippen molar-refractivity contribution in [2.24, 2.45) is 0 Å². The molecule has 0 amide bonds. The average Bonchev–Trinajstić information content (AvgIpc) is 3.35. The third kappa shape index (κ3) is 4.62. The van der Waals surface area contributed by atoms with Crippen LogP contribution in [0.15, 0.2) is 36.4 Å². The molecule has 3 aliphatic heterocycles. The van der Waals surface area contributed by atoms with Gasteiger partial charge in [-0.05, 0) is 67.6 Å². The van der Waals surface area contributed by atoms with Crippen LogP contribution >= 0.6 is 0 Å². The minimum atomic E-state index is -0.244. The molecule has 182 valence electrons. The molecule has 0 spiro atoms. The van der Waals surface area contributed by atoms with Gasteiger partial charge in [0.15, 0.2) is 11.5 Å². The summed E-state index contributed by atoms with van der Waals surface area (Å²) in [5.41, 5.74) is 3.75. The lowest BCUT2D eigenvalue weighted by atomic mass is 10.1. The van der Waals surface area contributed by atoms with E-state index in [0.717, 1.165) is 74.1 Å². The summed E-state index contributed by atoms with van der Waals surface area (Å²) >= 11 is 0. The lowest BCUT2D eigenvalue weighted by Crippen LogP contribution is -2.34. The highest BCUT2D eigenvalue weighted by atomic mass is 19.1. The van der Waals surface area contributed by atoms with Gasteiger partial charge in [0.05, 0.1) is 11.3 Å². The van der Waals surface area contributed by atoms with Gasteiger partial charge in [-0.2, -0.15) is 4.98 Å². The minimum absolute atomic E-state index is 0.244. The molecule has 0 saturated carbocycles. The zero-order chi connectivity index (χ0) is 23.8. The van der Waals surface area contributed by atoms with Crippen LogP contribution < -0.4 is 19.1 Å². The molecule has 0 aliphatic carbocycles. The minimum Gasteiger partial charge on any atom is -0.454 e. The van der Waals surface area contributed by atoms with E-state index in [0.29, 0.717) is 23.7 Å². The largest absolute Gasteiger partial charge is 0.454 e. The SMILES string of the molecule is Cc1cc(Oc2nc(N3CCCCC3)nc3c2CN(Cc2ccc4c(c2)OCO4)CC3)ccc1F. The van der Waals surface area contributed by atoms with Gasteiger partial charge in [-0.25, -0.2) is 9.37 Å². The number of hydrogen-bond donors (Lipinski definition) is 0. The zero-order valence-corrected chi connectivity index (χ0v) is 19.9. The molecule has 2 aromatic carbocycles. The van der Waals surface area contributed by atoms with Gasteiger partial charge in [-0.15, -0.1) is 0 Å². The maximum Gasteiger partial charge on any atom is 0.231 e. The fourth-order valence-electron chi connectivity index (χ4n) is 4.97. The van der Waals surface area contributed by atoms with Crippen molar-refractivity contribution < 1.29 is 18.6 Å². The van der Waals surface area contributed by atoms with Crippen LogP contribution in [0, 0.1) is 12.7 Å². The van der Waals surface area contributed by atoms with Crippen LogP contribution in [0.1, 0.15) is 41.6 Å². The fraction of sp³-hybridized carbons (Fsp3) is 0.407. The smallest absolute Gasteiger partial charge is 0.231 e. The average molecular weight is 477 g/mol. The van der Waals surface area contributed by atoms with E-state index in [2.05, 4.69) is 15.9 Å². The highest BCUT2D eigenvalue weighted by Gasteiger charge is 2.26. The van der Waals surface area contributed by atoms with Gasteiger partial charge in [0, 0.05) is 39.1 Å². The van der Waals surface area contributed by atoms with Crippen LogP contribution in [0.4, 0.5) is 10.3 Å². The number of aromatic nitrogens is 2. The van der Waals surface area contributed by atoms with E-state index in [-0.39, 0.29) is 12.6 Å². The molecular formula is C27H29FN4O3. The number of rotatable bonds is 5. The van der Waals surface area contributed by atoms with Gasteiger partial charge in [-0.3, -0.25) is 4.90 Å². The lowest BCUT2D eigenvalue weighted by Gasteiger charge is -2.32. The predicted octanol–water partition coefficient (Wildman–Crippen LogP) is 4.99. The number of piperidine rings is 1. The number of nitrogens with zero attached hydrogens (tertiary/aromatic N) is 4. The van der Waals surface area contributed by atoms with E-state index in [1.807, 2.05) is 12.1 Å². The highest BCUT2D eigenvalue weighted by molar-refractivity contribution is 5.46. The number of fused-ring (bicyclic) bond motifs is 2. The topological polar surface area (TPSA) is 60.0 Å². The molecular weight excluding hydrogens is 447 g/mol. The van der Waals surface area contributed by atoms with Crippen molar-refractivity contribution in [3.05, 3.63) is 64.6 Å². The number of halogens is 1. The Morgan fingerprint density at radius 1 is 0.971 bits per heavy atom. The van der Waals surface area contributed by atoms with Crippen molar-refractivity contribution in [1.29, 1.82) is 0 Å². The molecule has 8 heteroatoms. The molecule has 3 aromatic rings. The van der Waals surface area contributed by atoms with Crippen LogP contribution in [0.5, 0.6) is 23.1 Å². The number of anilines is 1. The maximum atomic E-state index is 13.8. The van der Waals surface area contributed by atoms with Gasteiger partial charge in [0.1, 0.15) is 11.6 Å². The normalized spacial score (nSPS) is 17.4. The molecule has 6 rings (SSSR count). The Morgan fingerprint density at radius 3 is 2.69 bits per heavy atom. The molecule has 3 aliphatic rings. The molecule has 35 heavy (non-hydrogen) atoms. The van der Waals surface area contributed by atoms with Crippen LogP contribution in [0.3, 0.4) is 0 Å². The Morgan fingerprint density at radius 2 is 1.83 bits per heavy atom. The molecule has 0 N–H and O–H groups in total. The van der Waals surface area contributed by atoms with Crippen molar-refractivity contribution in [1.82, 2.24) is 14.9 Å². The van der Waals surface area contributed by atoms with Crippen molar-refractivity contribution in [3.8, 4) is 23.1 Å². The summed E-state index contributed by atoms with van der Waals surface area (Å²) in [5, 5.41) is 0. The van der Waals surface area contributed by atoms with E-state index >= 15 is 0 Å². The first-order valence-corrected chi connectivity index (χ1v) is 12.3. The Hall–Kier alpha value is -3.39. The number of aryl methyl sites for hydroxylation is 1. The van der Waals surface area contributed by atoms with E-state index < -0.39 is 0 Å². The lowest BCUT2D eigenvalue weighted by molar-refractivity contribution is 0.174. The molecule has 1 fully saturated rings. The summed E-state index contributed by atoms with van der Waals surface area (Å²) in [6.07, 6.45) is 4.37. The zero-order valence-electron chi connectivity index (χ0n) is 19.9. The molecule has 4 heterocycles. The number of ether oxygens (including phenoxy) is 3. The molecule has 1 saturated heterocycles. The van der Waals surface area contributed by atoms with Crippen LogP contribution in [0.2, 0.25) is 0 Å². The Bertz CT molecular complexity index is 1250. The summed E-state index contributed by atoms with van der Waals surface area (Å²) in [6.45, 7) is 6.29. The summed E-state index contributed by atoms with van der Waals surface area (Å²) in [5.74, 6) is 3.23. The van der Waals surface area contributed by atoms with Gasteiger partial charge >= 0.3 is 0 Å². The quantitative estimate of drug-likeness (QED) is 0.514. The fourth-order valence-corrected chi connectivity index (χ4v) is 4.97. The molecule has 0 bridgehead atoms. The van der Waals surface area contributed by atoms with Gasteiger partial charge in [-0.1, -0.05) is 6.07 Å². The van der Waals surface area contributed by atoms with Gasteiger partial charge in [0.2, 0.25) is 18.6 Å². The molecule has 1 aromatic heterocycles. The third-order valence-electron chi connectivity index (χ3n) is 6.92. The van der Waals surface area contributed by atoms with E-state index in [1.54, 1.807) is 19.1 Å². The number of benzene rings is 2. The Kier molecular flexibility index (Phi) is 5.90. The summed E-state index contributed by atoms with van der Waals surface area (Å²) in [7, 11) is 0. The van der Waals surface area contributed by atoms with Crippen molar-refractivity contribution in [2.45, 2.75) is 45.7 Å². The van der Waals surface area contributed by atoms with Crippen LogP contribution in [0.25, 0.3) is 0 Å². The highest BCUT2D eigenvalue weighted by Crippen LogP contribution is 2.35. The third-order valence-corrected chi connectivity index (χ3v) is 6.92. The van der Waals surface area contributed by atoms with E-state index in [1.165, 1.54) is 18.1 Å². The second-order valence-electron chi connectivity index (χ2n) is 9.46. The molecule has 0 unspecified atom stereocenters. The Balaban J connectivity index is 1.29. The monoisotopic (exact) mass is 476 g/mol. The molecule has 0 atom stereocenters. The second kappa shape index (κ2) is 9.34. The van der Waals surface area contributed by atoms with Crippen LogP contribution in [-0.4, -0.2) is 41.3 Å². The molecule has 7 nitrogen and oxygen atoms in total. The second-order valence-corrected chi connectivity index (χ2v) is 9.46. The van der Waals surface area contributed by atoms with Gasteiger partial charge < -0.3 is 19.1 Å². The first-order chi connectivity index (χ1) is 17.1. The summed E-state index contributed by atoms with van der Waals surface area (Å²) in [6, 6.07) is 10.9. The molecule has 0 radical (unpaired) electrons.